The van der Waals surface area contributed by atoms with Crippen LogP contribution in [0.3, 0.4) is 0 Å². The van der Waals surface area contributed by atoms with E-state index in [1.807, 2.05) is 13.8 Å². The third kappa shape index (κ3) is 2.74. The Morgan fingerprint density at radius 1 is 1.47 bits per heavy atom. The molecule has 0 aromatic heterocycles. The molecule has 2 atom stereocenters. The Balaban J connectivity index is 2.45. The summed E-state index contributed by atoms with van der Waals surface area (Å²) in [5, 5.41) is 0.320. The van der Waals surface area contributed by atoms with Crippen LogP contribution < -0.4 is 5.73 Å². The number of nitrogens with zero attached hydrogens (tertiary/aromatic N) is 1. The summed E-state index contributed by atoms with van der Waals surface area (Å²) in [6.07, 6.45) is 1.08. The molecule has 1 aliphatic heterocycles. The van der Waals surface area contributed by atoms with Crippen molar-refractivity contribution in [3.05, 3.63) is 34.6 Å². The number of carbonyl (C=O) groups is 1. The van der Waals surface area contributed by atoms with Gasteiger partial charge in [-0.15, -0.1) is 0 Å². The molecular formula is C14H18ClFN2O. The van der Waals surface area contributed by atoms with E-state index in [0.29, 0.717) is 17.9 Å². The number of hydrogen-bond acceptors (Lipinski definition) is 2. The van der Waals surface area contributed by atoms with Gasteiger partial charge in [0.15, 0.2) is 0 Å². The molecule has 3 nitrogen and oxygen atoms in total. The maximum absolute atomic E-state index is 13.1. The third-order valence-corrected chi connectivity index (χ3v) is 3.85. The molecular weight excluding hydrogens is 267 g/mol. The number of rotatable bonds is 2. The molecule has 0 radical (unpaired) electrons. The van der Waals surface area contributed by atoms with E-state index in [-0.39, 0.29) is 29.8 Å². The summed E-state index contributed by atoms with van der Waals surface area (Å²) in [4.78, 5) is 13.9. The summed E-state index contributed by atoms with van der Waals surface area (Å²) in [6.45, 7) is 3.89. The lowest BCUT2D eigenvalue weighted by Gasteiger charge is -2.42. The number of hydrogen-bond donors (Lipinski definition) is 1. The maximum Gasteiger partial charge on any atom is 0.223 e. The van der Waals surface area contributed by atoms with Gasteiger partial charge in [-0.05, 0) is 38.0 Å². The second-order valence-electron chi connectivity index (χ2n) is 5.21. The van der Waals surface area contributed by atoms with Crippen LogP contribution in [0.15, 0.2) is 18.2 Å². The molecule has 2 N–H and O–H groups in total. The Labute approximate surface area is 117 Å². The number of likely N-dealkylation sites (tertiary alicyclic amines) is 1. The molecule has 1 heterocycles. The van der Waals surface area contributed by atoms with Crippen LogP contribution >= 0.6 is 11.6 Å². The van der Waals surface area contributed by atoms with Crippen molar-refractivity contribution in [2.75, 3.05) is 0 Å². The zero-order valence-electron chi connectivity index (χ0n) is 11.1. The predicted octanol–water partition coefficient (Wildman–Crippen LogP) is 2.88. The molecule has 2 rings (SSSR count). The quantitative estimate of drug-likeness (QED) is 0.908. The first kappa shape index (κ1) is 14.3. The van der Waals surface area contributed by atoms with Crippen LogP contribution in [0, 0.1) is 5.82 Å². The average molecular weight is 285 g/mol. The van der Waals surface area contributed by atoms with Gasteiger partial charge in [-0.3, -0.25) is 4.79 Å². The van der Waals surface area contributed by atoms with Gasteiger partial charge in [0.25, 0.3) is 0 Å². The van der Waals surface area contributed by atoms with Gasteiger partial charge in [-0.2, -0.15) is 0 Å². The number of nitrogens with two attached hydrogens (primary N) is 1. The zero-order chi connectivity index (χ0) is 14.2. The van der Waals surface area contributed by atoms with Crippen LogP contribution in [0.25, 0.3) is 0 Å². The smallest absolute Gasteiger partial charge is 0.223 e. The Hall–Kier alpha value is -1.13. The molecule has 0 bridgehead atoms. The van der Waals surface area contributed by atoms with Gasteiger partial charge in [0.2, 0.25) is 5.91 Å². The topological polar surface area (TPSA) is 46.3 Å². The summed E-state index contributed by atoms with van der Waals surface area (Å²) in [6, 6.07) is 3.81. The van der Waals surface area contributed by atoms with E-state index in [2.05, 4.69) is 0 Å². The van der Waals surface area contributed by atoms with Crippen LogP contribution in [-0.2, 0) is 4.79 Å². The number of piperidine rings is 1. The van der Waals surface area contributed by atoms with E-state index in [0.717, 1.165) is 5.56 Å². The largest absolute Gasteiger partial charge is 0.332 e. The number of amides is 1. The molecule has 1 amide bonds. The highest BCUT2D eigenvalue weighted by molar-refractivity contribution is 6.31. The molecule has 2 unspecified atom stereocenters. The minimum atomic E-state index is -0.388. The van der Waals surface area contributed by atoms with E-state index in [1.165, 1.54) is 12.1 Å². The Morgan fingerprint density at radius 3 is 2.74 bits per heavy atom. The summed E-state index contributed by atoms with van der Waals surface area (Å²) in [7, 11) is 0. The van der Waals surface area contributed by atoms with E-state index in [9.17, 15) is 9.18 Å². The normalized spacial score (nSPS) is 24.1. The van der Waals surface area contributed by atoms with Crippen molar-refractivity contribution in [2.45, 2.75) is 44.8 Å². The minimum absolute atomic E-state index is 0.0324. The van der Waals surface area contributed by atoms with Gasteiger partial charge in [0.1, 0.15) is 5.82 Å². The highest BCUT2D eigenvalue weighted by Gasteiger charge is 2.37. The van der Waals surface area contributed by atoms with Gasteiger partial charge >= 0.3 is 0 Å². The molecule has 1 aliphatic rings. The SMILES string of the molecule is CC(C)N1C(=O)CCC(N)C1c1ccc(F)cc1Cl. The number of carbonyl (C=O) groups excluding carboxylic acids is 1. The fourth-order valence-corrected chi connectivity index (χ4v) is 2.95. The lowest BCUT2D eigenvalue weighted by molar-refractivity contribution is -0.139. The molecule has 1 aromatic carbocycles. The number of halogens is 2. The Bertz CT molecular complexity index is 492. The summed E-state index contributed by atoms with van der Waals surface area (Å²) >= 11 is 6.11. The van der Waals surface area contributed by atoms with Crippen molar-refractivity contribution in [1.82, 2.24) is 4.90 Å². The second kappa shape index (κ2) is 5.47. The van der Waals surface area contributed by atoms with E-state index in [4.69, 9.17) is 17.3 Å². The van der Waals surface area contributed by atoms with Crippen LogP contribution in [0.5, 0.6) is 0 Å². The summed E-state index contributed by atoms with van der Waals surface area (Å²) < 4.78 is 13.1. The maximum atomic E-state index is 13.1. The molecule has 0 spiro atoms. The van der Waals surface area contributed by atoms with Crippen molar-refractivity contribution in [1.29, 1.82) is 0 Å². The number of benzene rings is 1. The van der Waals surface area contributed by atoms with Gasteiger partial charge in [0, 0.05) is 23.5 Å². The van der Waals surface area contributed by atoms with Crippen LogP contribution in [0.1, 0.15) is 38.3 Å². The van der Waals surface area contributed by atoms with Crippen molar-refractivity contribution in [3.8, 4) is 0 Å². The van der Waals surface area contributed by atoms with Crippen LogP contribution in [-0.4, -0.2) is 22.9 Å². The molecule has 0 aliphatic carbocycles. The Morgan fingerprint density at radius 2 is 2.16 bits per heavy atom. The molecule has 104 valence electrons. The van der Waals surface area contributed by atoms with Gasteiger partial charge in [-0.1, -0.05) is 17.7 Å². The highest BCUT2D eigenvalue weighted by atomic mass is 35.5. The highest BCUT2D eigenvalue weighted by Crippen LogP contribution is 2.36. The zero-order valence-corrected chi connectivity index (χ0v) is 11.8. The lowest BCUT2D eigenvalue weighted by Crippen LogP contribution is -2.51. The van der Waals surface area contributed by atoms with E-state index >= 15 is 0 Å². The average Bonchev–Trinajstić information content (AvgIpc) is 2.32. The van der Waals surface area contributed by atoms with Crippen LogP contribution in [0.2, 0.25) is 5.02 Å². The van der Waals surface area contributed by atoms with Gasteiger partial charge < -0.3 is 10.6 Å². The predicted molar refractivity (Wildman–Crippen MR) is 73.3 cm³/mol. The monoisotopic (exact) mass is 284 g/mol. The minimum Gasteiger partial charge on any atom is -0.332 e. The van der Waals surface area contributed by atoms with Crippen molar-refractivity contribution < 1.29 is 9.18 Å². The first-order chi connectivity index (χ1) is 8.91. The molecule has 5 heteroatoms. The molecule has 1 aromatic rings. The lowest BCUT2D eigenvalue weighted by atomic mass is 9.89. The second-order valence-corrected chi connectivity index (χ2v) is 5.62. The van der Waals surface area contributed by atoms with Crippen molar-refractivity contribution in [3.63, 3.8) is 0 Å². The Kier molecular flexibility index (Phi) is 4.11. The van der Waals surface area contributed by atoms with Gasteiger partial charge in [-0.25, -0.2) is 4.39 Å². The first-order valence-electron chi connectivity index (χ1n) is 6.43. The van der Waals surface area contributed by atoms with Gasteiger partial charge in [0.05, 0.1) is 6.04 Å². The fourth-order valence-electron chi connectivity index (χ4n) is 2.67. The third-order valence-electron chi connectivity index (χ3n) is 3.52. The van der Waals surface area contributed by atoms with Crippen molar-refractivity contribution in [2.24, 2.45) is 5.73 Å². The molecule has 19 heavy (non-hydrogen) atoms. The van der Waals surface area contributed by atoms with Crippen molar-refractivity contribution >= 4 is 17.5 Å². The van der Waals surface area contributed by atoms with Crippen LogP contribution in [0.4, 0.5) is 4.39 Å². The first-order valence-corrected chi connectivity index (χ1v) is 6.81. The molecule has 1 saturated heterocycles. The standard InChI is InChI=1S/C14H18ClFN2O/c1-8(2)18-13(19)6-5-12(17)14(18)10-4-3-9(16)7-11(10)15/h3-4,7-8,12,14H,5-6,17H2,1-2H3. The van der Waals surface area contributed by atoms with E-state index in [1.54, 1.807) is 11.0 Å². The van der Waals surface area contributed by atoms with E-state index < -0.39 is 0 Å². The fraction of sp³-hybridized carbons (Fsp3) is 0.500. The molecule has 1 fully saturated rings. The summed E-state index contributed by atoms with van der Waals surface area (Å²) in [5.41, 5.74) is 6.88. The summed E-state index contributed by atoms with van der Waals surface area (Å²) in [5.74, 6) is -0.317. The molecule has 0 saturated carbocycles.